The lowest BCUT2D eigenvalue weighted by Gasteiger charge is -2.52. The summed E-state index contributed by atoms with van der Waals surface area (Å²) < 4.78 is 10.9. The lowest BCUT2D eigenvalue weighted by Crippen LogP contribution is -2.72. The number of carbonyl (C=O) groups excluding carboxylic acids is 1. The Morgan fingerprint density at radius 2 is 2.35 bits per heavy atom. The first kappa shape index (κ1) is 13.4. The highest BCUT2D eigenvalue weighted by atomic mass is 16.5. The topological polar surface area (TPSA) is 73.6 Å². The van der Waals surface area contributed by atoms with Crippen LogP contribution in [0, 0.1) is 5.92 Å². The molecule has 1 saturated carbocycles. The maximum Gasteiger partial charge on any atom is 0.251 e. The molecule has 2 aliphatic rings. The van der Waals surface area contributed by atoms with E-state index >= 15 is 0 Å². The van der Waals surface area contributed by atoms with Gasteiger partial charge in [0.15, 0.2) is 0 Å². The Bertz CT molecular complexity index is 506. The first-order valence-electron chi connectivity index (χ1n) is 7.03. The van der Waals surface area contributed by atoms with E-state index in [1.165, 1.54) is 0 Å². The largest absolute Gasteiger partial charge is 0.497 e. The second kappa shape index (κ2) is 5.42. The van der Waals surface area contributed by atoms with Crippen LogP contribution in [0.5, 0.6) is 5.75 Å². The van der Waals surface area contributed by atoms with E-state index in [1.807, 2.05) is 6.07 Å². The minimum absolute atomic E-state index is 0.00476. The molecule has 0 radical (unpaired) electrons. The summed E-state index contributed by atoms with van der Waals surface area (Å²) in [5.41, 5.74) is 6.72. The van der Waals surface area contributed by atoms with Crippen LogP contribution in [0.3, 0.4) is 0 Å². The van der Waals surface area contributed by atoms with Gasteiger partial charge in [-0.3, -0.25) is 4.79 Å². The Balaban J connectivity index is 1.66. The maximum atomic E-state index is 12.3. The SMILES string of the molecule is COc1cccc(C(=O)NC2C(N)C3CCCOC32)c1. The highest BCUT2D eigenvalue weighted by molar-refractivity contribution is 5.95. The Morgan fingerprint density at radius 3 is 3.15 bits per heavy atom. The molecule has 1 saturated heterocycles. The Morgan fingerprint density at radius 1 is 1.50 bits per heavy atom. The Hall–Kier alpha value is -1.59. The lowest BCUT2D eigenvalue weighted by atomic mass is 9.68. The summed E-state index contributed by atoms with van der Waals surface area (Å²) in [6.07, 6.45) is 2.23. The molecule has 1 heterocycles. The van der Waals surface area contributed by atoms with Crippen molar-refractivity contribution in [3.63, 3.8) is 0 Å². The molecular formula is C15H20N2O3. The fourth-order valence-electron chi connectivity index (χ4n) is 3.12. The van der Waals surface area contributed by atoms with Gasteiger partial charge in [0, 0.05) is 24.1 Å². The van der Waals surface area contributed by atoms with Crippen LogP contribution >= 0.6 is 0 Å². The number of benzene rings is 1. The van der Waals surface area contributed by atoms with E-state index in [2.05, 4.69) is 5.32 Å². The average molecular weight is 276 g/mol. The fraction of sp³-hybridized carbons (Fsp3) is 0.533. The van der Waals surface area contributed by atoms with Gasteiger partial charge in [0.2, 0.25) is 0 Å². The van der Waals surface area contributed by atoms with Gasteiger partial charge in [0.25, 0.3) is 5.91 Å². The lowest BCUT2D eigenvalue weighted by molar-refractivity contribution is -0.117. The number of rotatable bonds is 3. The molecule has 5 nitrogen and oxygen atoms in total. The zero-order chi connectivity index (χ0) is 14.1. The third-order valence-corrected chi connectivity index (χ3v) is 4.31. The molecule has 0 aromatic heterocycles. The van der Waals surface area contributed by atoms with Crippen LogP contribution in [0.1, 0.15) is 23.2 Å². The van der Waals surface area contributed by atoms with Gasteiger partial charge in [-0.1, -0.05) is 6.07 Å². The first-order chi connectivity index (χ1) is 9.70. The summed E-state index contributed by atoms with van der Waals surface area (Å²) in [6.45, 7) is 0.763. The average Bonchev–Trinajstić information content (AvgIpc) is 2.52. The van der Waals surface area contributed by atoms with Gasteiger partial charge in [-0.05, 0) is 31.0 Å². The zero-order valence-electron chi connectivity index (χ0n) is 11.5. The molecule has 5 heteroatoms. The van der Waals surface area contributed by atoms with Crippen LogP contribution in [-0.2, 0) is 4.74 Å². The summed E-state index contributed by atoms with van der Waals surface area (Å²) >= 11 is 0. The van der Waals surface area contributed by atoms with E-state index in [0.29, 0.717) is 17.2 Å². The molecular weight excluding hydrogens is 256 g/mol. The van der Waals surface area contributed by atoms with Crippen molar-refractivity contribution in [1.82, 2.24) is 5.32 Å². The summed E-state index contributed by atoms with van der Waals surface area (Å²) in [7, 11) is 1.58. The number of carbonyl (C=O) groups is 1. The van der Waals surface area contributed by atoms with Crippen molar-refractivity contribution in [2.24, 2.45) is 11.7 Å². The van der Waals surface area contributed by atoms with E-state index in [0.717, 1.165) is 19.4 Å². The normalized spacial score (nSPS) is 31.9. The molecule has 1 aliphatic carbocycles. The predicted octanol–water partition coefficient (Wildman–Crippen LogP) is 0.930. The highest BCUT2D eigenvalue weighted by Crippen LogP contribution is 2.37. The number of methoxy groups -OCH3 is 1. The fourth-order valence-corrected chi connectivity index (χ4v) is 3.12. The second-order valence-corrected chi connectivity index (χ2v) is 5.45. The number of hydrogen-bond acceptors (Lipinski definition) is 4. The summed E-state index contributed by atoms with van der Waals surface area (Å²) in [6, 6.07) is 7.01. The number of nitrogens with one attached hydrogen (secondary N) is 1. The minimum atomic E-state index is -0.128. The van der Waals surface area contributed by atoms with Gasteiger partial charge < -0.3 is 20.5 Å². The maximum absolute atomic E-state index is 12.3. The van der Waals surface area contributed by atoms with Gasteiger partial charge in [-0.15, -0.1) is 0 Å². The molecule has 3 N–H and O–H groups in total. The van der Waals surface area contributed by atoms with Crippen LogP contribution in [0.25, 0.3) is 0 Å². The quantitative estimate of drug-likeness (QED) is 0.861. The van der Waals surface area contributed by atoms with Crippen LogP contribution in [0.15, 0.2) is 24.3 Å². The van der Waals surface area contributed by atoms with Crippen molar-refractivity contribution >= 4 is 5.91 Å². The summed E-state index contributed by atoms with van der Waals surface area (Å²) in [5.74, 6) is 0.929. The third-order valence-electron chi connectivity index (χ3n) is 4.31. The number of fused-ring (bicyclic) bond motifs is 1. The predicted molar refractivity (Wildman–Crippen MR) is 74.7 cm³/mol. The van der Waals surface area contributed by atoms with Crippen LogP contribution in [0.2, 0.25) is 0 Å². The van der Waals surface area contributed by atoms with E-state index in [4.69, 9.17) is 15.2 Å². The number of ether oxygens (including phenoxy) is 2. The highest BCUT2D eigenvalue weighted by Gasteiger charge is 2.51. The second-order valence-electron chi connectivity index (χ2n) is 5.45. The molecule has 4 unspecified atom stereocenters. The van der Waals surface area contributed by atoms with E-state index in [-0.39, 0.29) is 24.1 Å². The third kappa shape index (κ3) is 2.27. The molecule has 2 fully saturated rings. The molecule has 0 bridgehead atoms. The van der Waals surface area contributed by atoms with Gasteiger partial charge in [0.1, 0.15) is 5.75 Å². The van der Waals surface area contributed by atoms with Crippen molar-refractivity contribution < 1.29 is 14.3 Å². The zero-order valence-corrected chi connectivity index (χ0v) is 11.5. The first-order valence-corrected chi connectivity index (χ1v) is 7.03. The van der Waals surface area contributed by atoms with Gasteiger partial charge in [-0.2, -0.15) is 0 Å². The Kier molecular flexibility index (Phi) is 3.63. The van der Waals surface area contributed by atoms with Gasteiger partial charge in [-0.25, -0.2) is 0 Å². The van der Waals surface area contributed by atoms with Gasteiger partial charge >= 0.3 is 0 Å². The van der Waals surface area contributed by atoms with E-state index in [9.17, 15) is 4.79 Å². The van der Waals surface area contributed by atoms with Crippen LogP contribution in [-0.4, -0.2) is 37.8 Å². The smallest absolute Gasteiger partial charge is 0.251 e. The summed E-state index contributed by atoms with van der Waals surface area (Å²) in [4.78, 5) is 12.3. The van der Waals surface area contributed by atoms with Crippen molar-refractivity contribution in [2.75, 3.05) is 13.7 Å². The van der Waals surface area contributed by atoms with Crippen molar-refractivity contribution in [3.05, 3.63) is 29.8 Å². The van der Waals surface area contributed by atoms with E-state index in [1.54, 1.807) is 25.3 Å². The molecule has 3 rings (SSSR count). The molecule has 1 aromatic carbocycles. The molecule has 1 amide bonds. The Labute approximate surface area is 118 Å². The van der Waals surface area contributed by atoms with E-state index < -0.39 is 0 Å². The van der Waals surface area contributed by atoms with Crippen molar-refractivity contribution in [2.45, 2.75) is 31.0 Å². The number of nitrogens with two attached hydrogens (primary N) is 1. The monoisotopic (exact) mass is 276 g/mol. The van der Waals surface area contributed by atoms with Gasteiger partial charge in [0.05, 0.1) is 19.3 Å². The number of hydrogen-bond donors (Lipinski definition) is 2. The summed E-state index contributed by atoms with van der Waals surface area (Å²) in [5, 5.41) is 2.99. The molecule has 1 aliphatic heterocycles. The van der Waals surface area contributed by atoms with Crippen molar-refractivity contribution in [3.8, 4) is 5.75 Å². The van der Waals surface area contributed by atoms with Crippen LogP contribution < -0.4 is 15.8 Å². The molecule has 1 aromatic rings. The molecule has 20 heavy (non-hydrogen) atoms. The van der Waals surface area contributed by atoms with Crippen LogP contribution in [0.4, 0.5) is 0 Å². The number of amides is 1. The standard InChI is InChI=1S/C15H20N2O3/c1-19-10-5-2-4-9(8-10)15(18)17-13-12(16)11-6-3-7-20-14(11)13/h2,4-5,8,11-14H,3,6-7,16H2,1H3,(H,17,18). The molecule has 108 valence electrons. The molecule has 0 spiro atoms. The minimum Gasteiger partial charge on any atom is -0.497 e. The molecule has 4 atom stereocenters. The van der Waals surface area contributed by atoms with Crippen molar-refractivity contribution in [1.29, 1.82) is 0 Å².